The van der Waals surface area contributed by atoms with Gasteiger partial charge in [0, 0.05) is 12.8 Å². The number of nitrogens with zero attached hydrogens (tertiary/aromatic N) is 1. The van der Waals surface area contributed by atoms with Gasteiger partial charge in [-0.2, -0.15) is 0 Å². The highest BCUT2D eigenvalue weighted by atomic mass is 31.2. The van der Waals surface area contributed by atoms with Gasteiger partial charge in [-0.3, -0.25) is 18.6 Å². The standard InChI is InChI=1S/C72H131N2O7P/c1-7-10-13-16-19-22-25-28-30-32-34-36-37-39-41-43-45-47-50-53-56-59-62-65-72(76)81-70(63-60-57-54-51-48-27-24-21-18-15-12-9-3)69(68-80-82(77,78)79-67-66-74(4,5)6)73-71(75)64-61-58-55-52-49-46-44-42-40-38-35-33-31-29-26-23-20-17-14-11-8-2/h19-20,22-23,28-31,35,38,42,44,60,63,69-70H,7-18,21,24-27,32-34,36-37,39-41,43,45-59,61-62,64-68H2,1-6H3,(H-,73,75,77,78)/p+1/b22-19-,23-20-,30-28-,31-29-,38-35-,44-42-,63-60+. The van der Waals surface area contributed by atoms with E-state index in [9.17, 15) is 19.0 Å². The Bertz CT molecular complexity index is 1680. The normalized spacial score (nSPS) is 14.1. The topological polar surface area (TPSA) is 111 Å². The Hall–Kier alpha value is -2.81. The predicted molar refractivity (Wildman–Crippen MR) is 355 cm³/mol. The second-order valence-corrected chi connectivity index (χ2v) is 25.8. The Morgan fingerprint density at radius 3 is 1.13 bits per heavy atom. The molecule has 82 heavy (non-hydrogen) atoms. The third-order valence-electron chi connectivity index (χ3n) is 15.1. The van der Waals surface area contributed by atoms with Crippen molar-refractivity contribution in [1.29, 1.82) is 0 Å². The molecule has 0 heterocycles. The number of likely N-dealkylation sites (N-methyl/N-ethyl adjacent to an activating group) is 1. The molecular formula is C72H132N2O7P+. The number of nitrogens with one attached hydrogen (secondary N) is 1. The van der Waals surface area contributed by atoms with Gasteiger partial charge in [0.25, 0.3) is 0 Å². The SMILES string of the molecule is CCCCC/C=C\C/C=C\C/C=C\C/C=C\CCCCCCCC(=O)NC(COP(=O)(O)OCC[N+](C)(C)C)C(/C=C/CCCCCCCCCCCC)OC(=O)CCCCCCCCCCCCCCC/C=C\C/C=C\CCCCC. The number of hydrogen-bond acceptors (Lipinski definition) is 6. The maximum absolute atomic E-state index is 13.6. The lowest BCUT2D eigenvalue weighted by molar-refractivity contribution is -0.870. The molecule has 3 unspecified atom stereocenters. The third-order valence-corrected chi connectivity index (χ3v) is 16.0. The molecule has 0 fully saturated rings. The molecule has 2 N–H and O–H groups in total. The minimum Gasteiger partial charge on any atom is -0.456 e. The molecule has 1 amide bonds. The van der Waals surface area contributed by atoms with Crippen molar-refractivity contribution in [3.05, 3.63) is 85.1 Å². The van der Waals surface area contributed by atoms with Gasteiger partial charge < -0.3 is 19.4 Å². The van der Waals surface area contributed by atoms with Crippen LogP contribution in [0.1, 0.15) is 310 Å². The van der Waals surface area contributed by atoms with E-state index in [1.165, 1.54) is 173 Å². The number of allylic oxidation sites excluding steroid dienone is 13. The largest absolute Gasteiger partial charge is 0.472 e. The van der Waals surface area contributed by atoms with Crippen molar-refractivity contribution in [2.75, 3.05) is 40.9 Å². The summed E-state index contributed by atoms with van der Waals surface area (Å²) in [7, 11) is 1.48. The lowest BCUT2D eigenvalue weighted by Gasteiger charge is -2.27. The highest BCUT2D eigenvalue weighted by Crippen LogP contribution is 2.43. The van der Waals surface area contributed by atoms with Gasteiger partial charge in [0.05, 0.1) is 33.8 Å². The van der Waals surface area contributed by atoms with Crippen LogP contribution < -0.4 is 5.32 Å². The number of quaternary nitrogens is 1. The second kappa shape index (κ2) is 61.3. The molecule has 0 aromatic carbocycles. The average molecular weight is 1170 g/mol. The first kappa shape index (κ1) is 79.2. The monoisotopic (exact) mass is 1170 g/mol. The molecule has 10 heteroatoms. The average Bonchev–Trinajstić information content (AvgIpc) is 3.44. The van der Waals surface area contributed by atoms with E-state index >= 15 is 0 Å². The van der Waals surface area contributed by atoms with Crippen LogP contribution in [0.3, 0.4) is 0 Å². The lowest BCUT2D eigenvalue weighted by atomic mass is 10.0. The van der Waals surface area contributed by atoms with Gasteiger partial charge >= 0.3 is 13.8 Å². The van der Waals surface area contributed by atoms with Crippen LogP contribution in [0.5, 0.6) is 0 Å². The smallest absolute Gasteiger partial charge is 0.456 e. The van der Waals surface area contributed by atoms with Crippen LogP contribution in [0.4, 0.5) is 0 Å². The maximum Gasteiger partial charge on any atom is 0.472 e. The summed E-state index contributed by atoms with van der Waals surface area (Å²) in [5.74, 6) is -0.522. The quantitative estimate of drug-likeness (QED) is 0.0205. The molecule has 0 saturated carbocycles. The number of ether oxygens (including phenoxy) is 1. The number of phosphoric ester groups is 1. The number of unbranched alkanes of at least 4 members (excludes halogenated alkanes) is 34. The molecular weight excluding hydrogens is 1040 g/mol. The van der Waals surface area contributed by atoms with Gasteiger partial charge in [0.2, 0.25) is 5.91 Å². The highest BCUT2D eigenvalue weighted by molar-refractivity contribution is 7.47. The van der Waals surface area contributed by atoms with Crippen molar-refractivity contribution in [1.82, 2.24) is 5.32 Å². The summed E-state index contributed by atoms with van der Waals surface area (Å²) in [5, 5.41) is 3.06. The van der Waals surface area contributed by atoms with Crippen molar-refractivity contribution < 1.29 is 37.3 Å². The van der Waals surface area contributed by atoms with Crippen molar-refractivity contribution in [3.63, 3.8) is 0 Å². The molecule has 0 aromatic rings. The molecule has 0 aliphatic carbocycles. The van der Waals surface area contributed by atoms with Crippen molar-refractivity contribution in [2.24, 2.45) is 0 Å². The molecule has 0 aliphatic heterocycles. The van der Waals surface area contributed by atoms with Crippen molar-refractivity contribution >= 4 is 19.7 Å². The van der Waals surface area contributed by atoms with Gasteiger partial charge in [-0.1, -0.05) is 273 Å². The van der Waals surface area contributed by atoms with Gasteiger partial charge in [-0.05, 0) is 109 Å². The number of carbonyl (C=O) groups is 2. The molecule has 0 bridgehead atoms. The highest BCUT2D eigenvalue weighted by Gasteiger charge is 2.30. The predicted octanol–water partition coefficient (Wildman–Crippen LogP) is 21.7. The van der Waals surface area contributed by atoms with E-state index in [4.69, 9.17) is 13.8 Å². The molecule has 0 spiro atoms. The Morgan fingerprint density at radius 1 is 0.427 bits per heavy atom. The molecule has 3 atom stereocenters. The molecule has 0 rings (SSSR count). The first-order chi connectivity index (χ1) is 39.9. The van der Waals surface area contributed by atoms with Crippen LogP contribution in [0.25, 0.3) is 0 Å². The van der Waals surface area contributed by atoms with Crippen molar-refractivity contribution in [2.45, 2.75) is 322 Å². The van der Waals surface area contributed by atoms with E-state index in [-0.39, 0.29) is 31.5 Å². The van der Waals surface area contributed by atoms with E-state index in [1.807, 2.05) is 33.3 Å². The zero-order valence-corrected chi connectivity index (χ0v) is 55.4. The first-order valence-corrected chi connectivity index (χ1v) is 35.9. The van der Waals surface area contributed by atoms with E-state index in [2.05, 4.69) is 99.0 Å². The fourth-order valence-corrected chi connectivity index (χ4v) is 10.5. The summed E-state index contributed by atoms with van der Waals surface area (Å²) in [5.41, 5.74) is 0. The zero-order chi connectivity index (χ0) is 60.0. The number of rotatable bonds is 62. The number of hydrogen-bond donors (Lipinski definition) is 2. The maximum atomic E-state index is 13.6. The van der Waals surface area contributed by atoms with Gasteiger partial charge in [-0.15, -0.1) is 0 Å². The minimum atomic E-state index is -4.46. The summed E-state index contributed by atoms with van der Waals surface area (Å²) in [6.45, 7) is 6.96. The summed E-state index contributed by atoms with van der Waals surface area (Å²) in [6, 6.07) is -0.863. The van der Waals surface area contributed by atoms with E-state index < -0.39 is 20.0 Å². The van der Waals surface area contributed by atoms with E-state index in [1.54, 1.807) is 0 Å². The van der Waals surface area contributed by atoms with Crippen LogP contribution in [0.15, 0.2) is 85.1 Å². The fourth-order valence-electron chi connectivity index (χ4n) is 9.72. The number of esters is 1. The summed E-state index contributed by atoms with van der Waals surface area (Å²) < 4.78 is 30.8. The Kier molecular flexibility index (Phi) is 59.2. The number of phosphoric acid groups is 1. The molecule has 0 aromatic heterocycles. The van der Waals surface area contributed by atoms with Gasteiger partial charge in [0.15, 0.2) is 0 Å². The summed E-state index contributed by atoms with van der Waals surface area (Å²) >= 11 is 0. The number of carbonyl (C=O) groups excluding carboxylic acids is 2. The summed E-state index contributed by atoms with van der Waals surface area (Å²) in [6.07, 6.45) is 81.5. The second-order valence-electron chi connectivity index (χ2n) is 24.3. The van der Waals surface area contributed by atoms with E-state index in [0.717, 1.165) is 103 Å². The van der Waals surface area contributed by atoms with Crippen LogP contribution in [-0.2, 0) is 27.9 Å². The Balaban J connectivity index is 5.16. The first-order valence-electron chi connectivity index (χ1n) is 34.4. The minimum absolute atomic E-state index is 0.0335. The fraction of sp³-hybridized carbons (Fsp3) is 0.778. The lowest BCUT2D eigenvalue weighted by Crippen LogP contribution is -2.47. The molecule has 0 radical (unpaired) electrons. The van der Waals surface area contributed by atoms with Crippen LogP contribution in [-0.4, -0.2) is 74.3 Å². The van der Waals surface area contributed by atoms with Crippen molar-refractivity contribution in [3.8, 4) is 0 Å². The molecule has 476 valence electrons. The Labute approximate surface area is 507 Å². The third kappa shape index (κ3) is 61.7. The van der Waals surface area contributed by atoms with E-state index in [0.29, 0.717) is 17.4 Å². The van der Waals surface area contributed by atoms with Crippen LogP contribution in [0, 0.1) is 0 Å². The van der Waals surface area contributed by atoms with Crippen LogP contribution >= 0.6 is 7.82 Å². The van der Waals surface area contributed by atoms with Gasteiger partial charge in [-0.25, -0.2) is 4.57 Å². The Morgan fingerprint density at radius 2 is 0.744 bits per heavy atom. The summed E-state index contributed by atoms with van der Waals surface area (Å²) in [4.78, 5) is 37.9. The zero-order valence-electron chi connectivity index (χ0n) is 54.5. The number of amides is 1. The molecule has 0 aliphatic rings. The molecule has 9 nitrogen and oxygen atoms in total. The van der Waals surface area contributed by atoms with Gasteiger partial charge in [0.1, 0.15) is 19.3 Å². The van der Waals surface area contributed by atoms with Crippen LogP contribution in [0.2, 0.25) is 0 Å². The molecule has 0 saturated heterocycles.